The summed E-state index contributed by atoms with van der Waals surface area (Å²) in [6.45, 7) is 13.7. The summed E-state index contributed by atoms with van der Waals surface area (Å²) in [6.07, 6.45) is 8.87. The van der Waals surface area contributed by atoms with E-state index >= 15 is 0 Å². The van der Waals surface area contributed by atoms with Crippen molar-refractivity contribution in [3.63, 3.8) is 0 Å². The predicted octanol–water partition coefficient (Wildman–Crippen LogP) is 2.12. The van der Waals surface area contributed by atoms with Crippen molar-refractivity contribution in [3.8, 4) is 0 Å². The Morgan fingerprint density at radius 2 is 0.619 bits per heavy atom. The van der Waals surface area contributed by atoms with E-state index in [0.717, 1.165) is 39.3 Å². The molecule has 0 saturated heterocycles. The molecule has 0 aliphatic rings. The fourth-order valence-corrected chi connectivity index (χ4v) is 2.12. The lowest BCUT2D eigenvalue weighted by atomic mass is 10.3. The molecular weight excluding hydrogens is 260 g/mol. The summed E-state index contributed by atoms with van der Waals surface area (Å²) in [5.41, 5.74) is 0. The highest BCUT2D eigenvalue weighted by molar-refractivity contribution is 4.55. The molecule has 0 atom stereocenters. The van der Waals surface area contributed by atoms with Gasteiger partial charge in [-0.3, -0.25) is 0 Å². The van der Waals surface area contributed by atoms with Gasteiger partial charge >= 0.3 is 0 Å². The maximum Gasteiger partial charge on any atom is -0.00368 e. The van der Waals surface area contributed by atoms with Gasteiger partial charge in [-0.15, -0.1) is 0 Å². The normalized spacial score (nSPS) is 11.1. The highest BCUT2D eigenvalue weighted by Crippen LogP contribution is 1.84. The molecular formula is C17H40N4. The van der Waals surface area contributed by atoms with Crippen molar-refractivity contribution >= 4 is 0 Å². The van der Waals surface area contributed by atoms with E-state index in [1.165, 1.54) is 58.0 Å². The Kier molecular flexibility index (Phi) is 19.7. The van der Waals surface area contributed by atoms with Gasteiger partial charge in [0.25, 0.3) is 0 Å². The molecule has 0 heterocycles. The van der Waals surface area contributed by atoms with Crippen LogP contribution in [-0.4, -0.2) is 52.4 Å². The van der Waals surface area contributed by atoms with Gasteiger partial charge in [0, 0.05) is 0 Å². The highest BCUT2D eigenvalue weighted by atomic mass is 14.9. The first-order valence-electron chi connectivity index (χ1n) is 9.24. The lowest BCUT2D eigenvalue weighted by molar-refractivity contribution is 0.546. The maximum atomic E-state index is 3.51. The van der Waals surface area contributed by atoms with Crippen molar-refractivity contribution < 1.29 is 0 Å². The second-order valence-corrected chi connectivity index (χ2v) is 5.77. The molecule has 0 aromatic heterocycles. The minimum absolute atomic E-state index is 1.14. The van der Waals surface area contributed by atoms with Gasteiger partial charge in [0.2, 0.25) is 0 Å². The smallest absolute Gasteiger partial charge is 0.00368 e. The van der Waals surface area contributed by atoms with Gasteiger partial charge < -0.3 is 21.3 Å². The molecule has 21 heavy (non-hydrogen) atoms. The van der Waals surface area contributed by atoms with Crippen LogP contribution < -0.4 is 21.3 Å². The Labute approximate surface area is 133 Å². The Morgan fingerprint density at radius 1 is 0.381 bits per heavy atom. The van der Waals surface area contributed by atoms with E-state index in [9.17, 15) is 0 Å². The minimum atomic E-state index is 1.14. The van der Waals surface area contributed by atoms with Crippen LogP contribution in [0.5, 0.6) is 0 Å². The molecule has 128 valence electrons. The molecule has 0 spiro atoms. The topological polar surface area (TPSA) is 48.1 Å². The molecule has 4 N–H and O–H groups in total. The summed E-state index contributed by atoms with van der Waals surface area (Å²) in [4.78, 5) is 0. The third-order valence-electron chi connectivity index (χ3n) is 3.54. The Bertz CT molecular complexity index is 158. The van der Waals surface area contributed by atoms with E-state index in [0.29, 0.717) is 0 Å². The fourth-order valence-electron chi connectivity index (χ4n) is 2.12. The van der Waals surface area contributed by atoms with Crippen LogP contribution in [0.1, 0.15) is 58.8 Å². The first-order chi connectivity index (χ1) is 10.4. The van der Waals surface area contributed by atoms with Gasteiger partial charge in [0.05, 0.1) is 0 Å². The zero-order valence-electron chi connectivity index (χ0n) is 14.6. The maximum absolute atomic E-state index is 3.51. The van der Waals surface area contributed by atoms with Gasteiger partial charge in [-0.25, -0.2) is 0 Å². The first-order valence-corrected chi connectivity index (χ1v) is 9.24. The Morgan fingerprint density at radius 3 is 0.857 bits per heavy atom. The summed E-state index contributed by atoms with van der Waals surface area (Å²) in [5.74, 6) is 0. The molecule has 0 amide bonds. The van der Waals surface area contributed by atoms with E-state index < -0.39 is 0 Å². The number of nitrogens with one attached hydrogen (secondary N) is 4. The Balaban J connectivity index is 2.90. The van der Waals surface area contributed by atoms with Crippen LogP contribution >= 0.6 is 0 Å². The molecule has 0 radical (unpaired) electrons. The zero-order chi connectivity index (χ0) is 15.4. The third-order valence-corrected chi connectivity index (χ3v) is 3.54. The highest BCUT2D eigenvalue weighted by Gasteiger charge is 1.91. The summed E-state index contributed by atoms with van der Waals surface area (Å²) in [7, 11) is 0. The monoisotopic (exact) mass is 300 g/mol. The van der Waals surface area contributed by atoms with E-state index in [1.54, 1.807) is 0 Å². The second-order valence-electron chi connectivity index (χ2n) is 5.77. The molecule has 0 unspecified atom stereocenters. The second kappa shape index (κ2) is 19.8. The average molecular weight is 301 g/mol. The van der Waals surface area contributed by atoms with Crippen LogP contribution in [0.2, 0.25) is 0 Å². The molecule has 0 aliphatic carbocycles. The lowest BCUT2D eigenvalue weighted by Crippen LogP contribution is -2.27. The molecule has 0 rings (SSSR count). The molecule has 0 aliphatic heterocycles. The van der Waals surface area contributed by atoms with Crippen LogP contribution in [0, 0.1) is 0 Å². The molecule has 0 bridgehead atoms. The van der Waals surface area contributed by atoms with E-state index in [4.69, 9.17) is 0 Å². The van der Waals surface area contributed by atoms with E-state index in [1.807, 2.05) is 0 Å². The van der Waals surface area contributed by atoms with Crippen LogP contribution in [0.25, 0.3) is 0 Å². The average Bonchev–Trinajstić information content (AvgIpc) is 2.50. The number of rotatable bonds is 18. The van der Waals surface area contributed by atoms with Gasteiger partial charge in [-0.05, 0) is 84.5 Å². The van der Waals surface area contributed by atoms with E-state index in [2.05, 4.69) is 35.1 Å². The van der Waals surface area contributed by atoms with Gasteiger partial charge in [-0.1, -0.05) is 26.7 Å². The van der Waals surface area contributed by atoms with Crippen LogP contribution in [-0.2, 0) is 0 Å². The summed E-state index contributed by atoms with van der Waals surface area (Å²) < 4.78 is 0. The van der Waals surface area contributed by atoms with Crippen molar-refractivity contribution in [3.05, 3.63) is 0 Å². The largest absolute Gasteiger partial charge is 0.317 e. The summed E-state index contributed by atoms with van der Waals surface area (Å²) in [5, 5.41) is 14.0. The van der Waals surface area contributed by atoms with Crippen LogP contribution in [0.15, 0.2) is 0 Å². The lowest BCUT2D eigenvalue weighted by Gasteiger charge is -2.07. The van der Waals surface area contributed by atoms with Crippen molar-refractivity contribution in [1.82, 2.24) is 21.3 Å². The predicted molar refractivity (Wildman–Crippen MR) is 95.1 cm³/mol. The number of hydrogen-bond acceptors (Lipinski definition) is 4. The van der Waals surface area contributed by atoms with Gasteiger partial charge in [0.1, 0.15) is 0 Å². The van der Waals surface area contributed by atoms with Crippen molar-refractivity contribution in [2.75, 3.05) is 52.4 Å². The number of unbranched alkanes of at least 4 members (excludes halogenated alkanes) is 2. The standard InChI is InChI=1S/C17H40N4/c1-3-5-10-18-12-7-14-20-16-9-17-21-15-8-13-19-11-6-4-2/h18-21H,3-17H2,1-2H3. The molecule has 4 heteroatoms. The quantitative estimate of drug-likeness (QED) is 0.293. The minimum Gasteiger partial charge on any atom is -0.317 e. The van der Waals surface area contributed by atoms with Crippen molar-refractivity contribution in [2.24, 2.45) is 0 Å². The van der Waals surface area contributed by atoms with Gasteiger partial charge in [0.15, 0.2) is 0 Å². The van der Waals surface area contributed by atoms with Crippen molar-refractivity contribution in [2.45, 2.75) is 58.8 Å². The molecule has 4 nitrogen and oxygen atoms in total. The van der Waals surface area contributed by atoms with E-state index in [-0.39, 0.29) is 0 Å². The van der Waals surface area contributed by atoms with Gasteiger partial charge in [-0.2, -0.15) is 0 Å². The molecule has 0 fully saturated rings. The summed E-state index contributed by atoms with van der Waals surface area (Å²) >= 11 is 0. The Hall–Kier alpha value is -0.160. The SMILES string of the molecule is CCCCNCCCNCCCNCCCNCCCC. The summed E-state index contributed by atoms with van der Waals surface area (Å²) in [6, 6.07) is 0. The number of hydrogen-bond donors (Lipinski definition) is 4. The fraction of sp³-hybridized carbons (Fsp3) is 1.00. The third kappa shape index (κ3) is 19.8. The molecule has 0 aromatic rings. The van der Waals surface area contributed by atoms with Crippen LogP contribution in [0.4, 0.5) is 0 Å². The zero-order valence-corrected chi connectivity index (χ0v) is 14.6. The van der Waals surface area contributed by atoms with Crippen molar-refractivity contribution in [1.29, 1.82) is 0 Å². The first kappa shape index (κ1) is 20.8. The molecule has 0 saturated carbocycles. The molecule has 0 aromatic carbocycles. The van der Waals surface area contributed by atoms with Crippen LogP contribution in [0.3, 0.4) is 0 Å².